The first-order valence-corrected chi connectivity index (χ1v) is 15.2. The van der Waals surface area contributed by atoms with Gasteiger partial charge in [-0.2, -0.15) is 0 Å². The summed E-state index contributed by atoms with van der Waals surface area (Å²) in [4.78, 5) is 29.0. The number of nitrogens with zero attached hydrogens (tertiary/aromatic N) is 2. The van der Waals surface area contributed by atoms with Gasteiger partial charge in [-0.15, -0.1) is 0 Å². The lowest BCUT2D eigenvalue weighted by atomic mass is 10.00. The Balaban J connectivity index is 1.23. The molecule has 0 aliphatic carbocycles. The zero-order valence-corrected chi connectivity index (χ0v) is 26.1. The predicted molar refractivity (Wildman–Crippen MR) is 168 cm³/mol. The van der Waals surface area contributed by atoms with Crippen LogP contribution < -0.4 is 10.6 Å². The monoisotopic (exact) mass is 652 g/mol. The van der Waals surface area contributed by atoms with Gasteiger partial charge >= 0.3 is 12.0 Å². The molecule has 1 aliphatic rings. The van der Waals surface area contributed by atoms with Gasteiger partial charge in [-0.25, -0.2) is 14.6 Å². The number of hydrogen-bond donors (Lipinski definition) is 3. The summed E-state index contributed by atoms with van der Waals surface area (Å²) in [7, 11) is 1.29. The molecule has 4 aromatic rings. The summed E-state index contributed by atoms with van der Waals surface area (Å²) in [6.45, 7) is 0.625. The Bertz CT molecular complexity index is 1570. The van der Waals surface area contributed by atoms with Crippen LogP contribution in [0.5, 0.6) is 0 Å². The molecule has 10 nitrogen and oxygen atoms in total. The quantitative estimate of drug-likeness (QED) is 0.183. The van der Waals surface area contributed by atoms with E-state index in [1.54, 1.807) is 10.9 Å². The van der Waals surface area contributed by atoms with Crippen molar-refractivity contribution in [2.45, 2.75) is 57.1 Å². The molecule has 3 aromatic carbocycles. The molecule has 2 heterocycles. The lowest BCUT2D eigenvalue weighted by Gasteiger charge is -2.36. The highest BCUT2D eigenvalue weighted by Gasteiger charge is 2.33. The van der Waals surface area contributed by atoms with E-state index in [2.05, 4.69) is 15.6 Å². The fourth-order valence-electron chi connectivity index (χ4n) is 5.09. The topological polar surface area (TPSA) is 124 Å². The average molecular weight is 654 g/mol. The third kappa shape index (κ3) is 8.62. The number of imidazole rings is 1. The van der Waals surface area contributed by atoms with Gasteiger partial charge in [-0.1, -0.05) is 102 Å². The summed E-state index contributed by atoms with van der Waals surface area (Å²) in [5.41, 5.74) is 4.32. The van der Waals surface area contributed by atoms with E-state index in [0.29, 0.717) is 24.5 Å². The molecule has 0 saturated carbocycles. The maximum absolute atomic E-state index is 12.7. The molecular weight excluding hydrogens is 619 g/mol. The molecule has 2 amide bonds. The number of aliphatic hydroxyl groups is 1. The van der Waals surface area contributed by atoms with Gasteiger partial charge in [0.1, 0.15) is 11.2 Å². The maximum atomic E-state index is 12.7. The first-order chi connectivity index (χ1) is 21.8. The van der Waals surface area contributed by atoms with Crippen LogP contribution in [0, 0.1) is 0 Å². The molecule has 0 spiro atoms. The number of hydrogen-bond acceptors (Lipinski definition) is 7. The molecule has 0 unspecified atom stereocenters. The number of halogens is 2. The van der Waals surface area contributed by atoms with Crippen molar-refractivity contribution in [3.8, 4) is 0 Å². The molecule has 1 aromatic heterocycles. The van der Waals surface area contributed by atoms with Crippen molar-refractivity contribution >= 4 is 35.2 Å². The second kappa shape index (κ2) is 15.4. The average Bonchev–Trinajstić information content (AvgIpc) is 3.39. The van der Waals surface area contributed by atoms with Crippen molar-refractivity contribution in [1.29, 1.82) is 0 Å². The Kier molecular flexibility index (Phi) is 11.1. The van der Waals surface area contributed by atoms with Gasteiger partial charge in [-0.05, 0) is 22.3 Å². The van der Waals surface area contributed by atoms with E-state index >= 15 is 0 Å². The highest BCUT2D eigenvalue weighted by molar-refractivity contribution is 6.40. The molecule has 45 heavy (non-hydrogen) atoms. The van der Waals surface area contributed by atoms with Crippen molar-refractivity contribution < 1.29 is 28.9 Å². The number of rotatable bonds is 11. The Morgan fingerprint density at radius 3 is 2.31 bits per heavy atom. The molecule has 0 bridgehead atoms. The highest BCUT2D eigenvalue weighted by atomic mass is 35.5. The number of methoxy groups -OCH3 is 1. The van der Waals surface area contributed by atoms with E-state index < -0.39 is 24.3 Å². The van der Waals surface area contributed by atoms with Crippen LogP contribution in [0.3, 0.4) is 0 Å². The molecule has 12 heteroatoms. The molecule has 236 valence electrons. The van der Waals surface area contributed by atoms with Crippen LogP contribution in [-0.4, -0.2) is 45.9 Å². The zero-order valence-electron chi connectivity index (χ0n) is 24.6. The molecule has 5 rings (SSSR count). The molecule has 1 fully saturated rings. The van der Waals surface area contributed by atoms with E-state index in [1.807, 2.05) is 78.9 Å². The van der Waals surface area contributed by atoms with Gasteiger partial charge in [0.2, 0.25) is 0 Å². The summed E-state index contributed by atoms with van der Waals surface area (Å²) in [6.07, 6.45) is 1.24. The summed E-state index contributed by atoms with van der Waals surface area (Å²) in [5, 5.41) is 15.5. The lowest BCUT2D eigenvalue weighted by molar-refractivity contribution is -0.252. The number of carbonyl (C=O) groups is 2. The van der Waals surface area contributed by atoms with Crippen LogP contribution in [0.2, 0.25) is 10.3 Å². The number of carbonyl (C=O) groups excluding carboxylic acids is 2. The van der Waals surface area contributed by atoms with Gasteiger partial charge in [-0.3, -0.25) is 0 Å². The van der Waals surface area contributed by atoms with Crippen molar-refractivity contribution in [2.75, 3.05) is 7.11 Å². The number of amides is 2. The van der Waals surface area contributed by atoms with Crippen LogP contribution >= 0.6 is 23.2 Å². The first-order valence-electron chi connectivity index (χ1n) is 14.4. The Morgan fingerprint density at radius 2 is 1.67 bits per heavy atom. The standard InChI is InChI=1S/C33H34Cl2N4O6/c1-43-31(41)27(15-21-5-3-2-4-6-21)38-33(42)36-17-22-7-13-25(14-8-22)32-44-26(18-39-20-37-29(34)30(39)35)16-28(45-32)24-11-9-23(19-40)10-12-24/h2-14,20,26-28,32,40H,15-19H2,1H3,(H2,36,38,42)/t26-,27-,28+,32+/m0/s1. The van der Waals surface area contributed by atoms with Crippen molar-refractivity contribution in [1.82, 2.24) is 20.2 Å². The molecule has 4 atom stereocenters. The molecule has 1 aliphatic heterocycles. The van der Waals surface area contributed by atoms with E-state index in [0.717, 1.165) is 27.8 Å². The number of nitrogens with one attached hydrogen (secondary N) is 2. The summed E-state index contributed by atoms with van der Waals surface area (Å²) >= 11 is 12.4. The second-order valence-electron chi connectivity index (χ2n) is 10.7. The molecule has 1 saturated heterocycles. The number of aromatic nitrogens is 2. The fourth-order valence-corrected chi connectivity index (χ4v) is 5.41. The van der Waals surface area contributed by atoms with Gasteiger partial charge in [0.25, 0.3) is 0 Å². The van der Waals surface area contributed by atoms with Gasteiger partial charge in [0.05, 0.1) is 38.8 Å². The normalized spacial score (nSPS) is 18.6. The van der Waals surface area contributed by atoms with E-state index in [9.17, 15) is 14.7 Å². The highest BCUT2D eigenvalue weighted by Crippen LogP contribution is 2.39. The second-order valence-corrected chi connectivity index (χ2v) is 11.4. The Hall–Kier alpha value is -3.93. The van der Waals surface area contributed by atoms with E-state index in [1.165, 1.54) is 7.11 Å². The van der Waals surface area contributed by atoms with E-state index in [-0.39, 0.29) is 30.5 Å². The summed E-state index contributed by atoms with van der Waals surface area (Å²) < 4.78 is 19.4. The minimum Gasteiger partial charge on any atom is -0.467 e. The number of ether oxygens (including phenoxy) is 3. The number of esters is 1. The summed E-state index contributed by atoms with van der Waals surface area (Å²) in [5.74, 6) is -0.523. The third-order valence-corrected chi connectivity index (χ3v) is 8.30. The largest absolute Gasteiger partial charge is 0.467 e. The van der Waals surface area contributed by atoms with Crippen LogP contribution in [0.15, 0.2) is 85.2 Å². The number of aliphatic hydroxyl groups excluding tert-OH is 1. The summed E-state index contributed by atoms with van der Waals surface area (Å²) in [6, 6.07) is 23.3. The van der Waals surface area contributed by atoms with Crippen LogP contribution in [0.25, 0.3) is 0 Å². The smallest absolute Gasteiger partial charge is 0.328 e. The minimum atomic E-state index is -0.825. The Morgan fingerprint density at radius 1 is 0.978 bits per heavy atom. The van der Waals surface area contributed by atoms with Crippen molar-refractivity contribution in [3.05, 3.63) is 123 Å². The van der Waals surface area contributed by atoms with Crippen LogP contribution in [0.4, 0.5) is 4.79 Å². The van der Waals surface area contributed by atoms with Crippen LogP contribution in [0.1, 0.15) is 46.6 Å². The molecule has 0 radical (unpaired) electrons. The predicted octanol–water partition coefficient (Wildman–Crippen LogP) is 5.51. The molecular formula is C33H34Cl2N4O6. The number of benzene rings is 3. The van der Waals surface area contributed by atoms with Gasteiger partial charge in [0, 0.05) is 24.9 Å². The van der Waals surface area contributed by atoms with Crippen molar-refractivity contribution in [3.63, 3.8) is 0 Å². The molecule has 3 N–H and O–H groups in total. The third-order valence-electron chi connectivity index (χ3n) is 7.53. The van der Waals surface area contributed by atoms with Gasteiger partial charge in [0.15, 0.2) is 11.4 Å². The maximum Gasteiger partial charge on any atom is 0.328 e. The van der Waals surface area contributed by atoms with Gasteiger partial charge < -0.3 is 34.5 Å². The minimum absolute atomic E-state index is 0.0392. The SMILES string of the molecule is COC(=O)[C@H](Cc1ccccc1)NC(=O)NCc1ccc([C@@H]2O[C@H](Cn3cnc(Cl)c3Cl)C[C@H](c3ccc(CO)cc3)O2)cc1. The Labute approximate surface area is 271 Å². The fraction of sp³-hybridized carbons (Fsp3) is 0.303. The first kappa shape index (κ1) is 32.5. The van der Waals surface area contributed by atoms with Crippen LogP contribution in [-0.2, 0) is 45.1 Å². The van der Waals surface area contributed by atoms with Crippen molar-refractivity contribution in [2.24, 2.45) is 0 Å². The van der Waals surface area contributed by atoms with E-state index in [4.69, 9.17) is 37.4 Å². The zero-order chi connectivity index (χ0) is 31.8. The lowest BCUT2D eigenvalue weighted by Crippen LogP contribution is -2.47. The number of urea groups is 1.